The zero-order chi connectivity index (χ0) is 22.7. The lowest BCUT2D eigenvalue weighted by atomic mass is 9.97. The maximum absolute atomic E-state index is 14.2. The van der Waals surface area contributed by atoms with Crippen LogP contribution >= 0.6 is 0 Å². The number of aromatic nitrogens is 6. The molecule has 1 unspecified atom stereocenters. The van der Waals surface area contributed by atoms with E-state index in [1.165, 1.54) is 10.6 Å². The van der Waals surface area contributed by atoms with Gasteiger partial charge in [-0.05, 0) is 31.0 Å². The maximum Gasteiger partial charge on any atom is 0.274 e. The number of fused-ring (bicyclic) bond motifs is 4. The average Bonchev–Trinajstić information content (AvgIpc) is 3.45. The van der Waals surface area contributed by atoms with E-state index in [-0.39, 0.29) is 34.3 Å². The zero-order valence-corrected chi connectivity index (χ0v) is 17.3. The Kier molecular flexibility index (Phi) is 4.25. The molecular weight excluding hydrogens is 430 g/mol. The number of hydrogen-bond donors (Lipinski definition) is 1. The number of benzene rings is 1. The number of piperidine rings is 1. The van der Waals surface area contributed by atoms with Gasteiger partial charge in [0.1, 0.15) is 22.7 Å². The molecule has 0 spiro atoms. The molecule has 1 fully saturated rings. The Hall–Kier alpha value is -4.15. The Morgan fingerprint density at radius 3 is 2.88 bits per heavy atom. The molecule has 1 atom stereocenters. The number of anilines is 1. The molecule has 0 bridgehead atoms. The van der Waals surface area contributed by atoms with Gasteiger partial charge in [0.2, 0.25) is 5.95 Å². The van der Waals surface area contributed by atoms with Crippen molar-refractivity contribution in [2.45, 2.75) is 18.8 Å². The molecule has 11 heteroatoms. The van der Waals surface area contributed by atoms with Gasteiger partial charge in [-0.1, -0.05) is 6.07 Å². The largest absolute Gasteiger partial charge is 0.368 e. The van der Waals surface area contributed by atoms with Crippen LogP contribution in [0.15, 0.2) is 42.7 Å². The van der Waals surface area contributed by atoms with Crippen molar-refractivity contribution in [2.75, 3.05) is 18.8 Å². The summed E-state index contributed by atoms with van der Waals surface area (Å²) in [5.74, 6) is -1.47. The van der Waals surface area contributed by atoms with Crippen LogP contribution in [0.1, 0.15) is 35.1 Å². The number of rotatable bonds is 2. The molecule has 1 aliphatic rings. The molecule has 5 aromatic rings. The minimum absolute atomic E-state index is 0.0461. The monoisotopic (exact) mass is 448 g/mol. The Morgan fingerprint density at radius 2 is 2.03 bits per heavy atom. The van der Waals surface area contributed by atoms with Gasteiger partial charge in [-0.25, -0.2) is 23.7 Å². The first-order chi connectivity index (χ1) is 16.0. The van der Waals surface area contributed by atoms with E-state index in [1.54, 1.807) is 15.5 Å². The average molecular weight is 448 g/mol. The SMILES string of the molecule is Nc1nc2c(F)cc(F)cc2c2nc(C3CCCN(C(=O)c4cn5ccccc5n4)C3)nn12. The molecule has 4 aromatic heterocycles. The fraction of sp³-hybridized carbons (Fsp3) is 0.227. The van der Waals surface area contributed by atoms with Gasteiger partial charge >= 0.3 is 0 Å². The Morgan fingerprint density at radius 1 is 1.15 bits per heavy atom. The number of likely N-dealkylation sites (tertiary alicyclic amines) is 1. The van der Waals surface area contributed by atoms with Gasteiger partial charge < -0.3 is 15.0 Å². The van der Waals surface area contributed by atoms with Crippen LogP contribution < -0.4 is 5.73 Å². The summed E-state index contributed by atoms with van der Waals surface area (Å²) in [4.78, 5) is 27.9. The van der Waals surface area contributed by atoms with Crippen LogP contribution in [-0.2, 0) is 0 Å². The second kappa shape index (κ2) is 7.19. The smallest absolute Gasteiger partial charge is 0.274 e. The van der Waals surface area contributed by atoms with Crippen molar-refractivity contribution in [2.24, 2.45) is 0 Å². The van der Waals surface area contributed by atoms with Crippen LogP contribution in [0.3, 0.4) is 0 Å². The molecule has 1 aromatic carbocycles. The van der Waals surface area contributed by atoms with E-state index in [0.29, 0.717) is 30.3 Å². The number of halogens is 2. The number of amides is 1. The molecule has 6 rings (SSSR count). The number of carbonyl (C=O) groups excluding carboxylic acids is 1. The number of nitrogens with zero attached hydrogens (tertiary/aromatic N) is 7. The summed E-state index contributed by atoms with van der Waals surface area (Å²) in [7, 11) is 0. The Bertz CT molecular complexity index is 1530. The summed E-state index contributed by atoms with van der Waals surface area (Å²) in [5, 5.41) is 4.65. The van der Waals surface area contributed by atoms with E-state index in [0.717, 1.165) is 18.9 Å². The van der Waals surface area contributed by atoms with Crippen molar-refractivity contribution in [1.82, 2.24) is 33.9 Å². The van der Waals surface area contributed by atoms with Gasteiger partial charge in [0.25, 0.3) is 5.91 Å². The molecular formula is C22H18F2N8O. The Labute approximate surface area is 185 Å². The number of nitrogens with two attached hydrogens (primary N) is 1. The van der Waals surface area contributed by atoms with Gasteiger partial charge in [-0.15, -0.1) is 5.10 Å². The van der Waals surface area contributed by atoms with Gasteiger partial charge in [0.05, 0.1) is 5.39 Å². The second-order valence-electron chi connectivity index (χ2n) is 8.14. The van der Waals surface area contributed by atoms with Gasteiger partial charge in [0, 0.05) is 37.5 Å². The fourth-order valence-corrected chi connectivity index (χ4v) is 4.42. The van der Waals surface area contributed by atoms with Crippen molar-refractivity contribution in [3.05, 3.63) is 65.9 Å². The minimum Gasteiger partial charge on any atom is -0.368 e. The molecule has 166 valence electrons. The summed E-state index contributed by atoms with van der Waals surface area (Å²) >= 11 is 0. The molecule has 9 nitrogen and oxygen atoms in total. The normalized spacial score (nSPS) is 16.8. The first-order valence-electron chi connectivity index (χ1n) is 10.5. The van der Waals surface area contributed by atoms with Crippen LogP contribution in [-0.4, -0.2) is 52.9 Å². The van der Waals surface area contributed by atoms with Crippen LogP contribution in [0.4, 0.5) is 14.7 Å². The lowest BCUT2D eigenvalue weighted by Crippen LogP contribution is -2.39. The summed E-state index contributed by atoms with van der Waals surface area (Å²) in [6.45, 7) is 0.997. The fourth-order valence-electron chi connectivity index (χ4n) is 4.42. The summed E-state index contributed by atoms with van der Waals surface area (Å²) < 4.78 is 31.2. The number of imidazole rings is 1. The van der Waals surface area contributed by atoms with Crippen LogP contribution in [0.5, 0.6) is 0 Å². The van der Waals surface area contributed by atoms with Crippen molar-refractivity contribution < 1.29 is 13.6 Å². The molecule has 33 heavy (non-hydrogen) atoms. The highest BCUT2D eigenvalue weighted by atomic mass is 19.1. The summed E-state index contributed by atoms with van der Waals surface area (Å²) in [5.41, 5.74) is 7.21. The third-order valence-corrected chi connectivity index (χ3v) is 5.99. The van der Waals surface area contributed by atoms with Gasteiger partial charge in [-0.2, -0.15) is 4.52 Å². The first-order valence-corrected chi connectivity index (χ1v) is 10.5. The van der Waals surface area contributed by atoms with Crippen LogP contribution in [0, 0.1) is 11.6 Å². The Balaban J connectivity index is 1.35. The van der Waals surface area contributed by atoms with E-state index in [4.69, 9.17) is 5.73 Å². The lowest BCUT2D eigenvalue weighted by Gasteiger charge is -2.30. The van der Waals surface area contributed by atoms with E-state index >= 15 is 0 Å². The van der Waals surface area contributed by atoms with Gasteiger partial charge in [0.15, 0.2) is 17.3 Å². The second-order valence-corrected chi connectivity index (χ2v) is 8.14. The number of nitrogen functional groups attached to an aromatic ring is 1. The maximum atomic E-state index is 14.2. The predicted molar refractivity (Wildman–Crippen MR) is 116 cm³/mol. The molecule has 1 aliphatic heterocycles. The van der Waals surface area contributed by atoms with Gasteiger partial charge in [-0.3, -0.25) is 4.79 Å². The van der Waals surface area contributed by atoms with Crippen molar-refractivity contribution in [1.29, 1.82) is 0 Å². The highest BCUT2D eigenvalue weighted by molar-refractivity contribution is 5.93. The predicted octanol–water partition coefficient (Wildman–Crippen LogP) is 2.81. The van der Waals surface area contributed by atoms with E-state index in [1.807, 2.05) is 24.4 Å². The highest BCUT2D eigenvalue weighted by Gasteiger charge is 2.30. The topological polar surface area (TPSA) is 107 Å². The van der Waals surface area contributed by atoms with E-state index < -0.39 is 11.6 Å². The third kappa shape index (κ3) is 3.15. The summed E-state index contributed by atoms with van der Waals surface area (Å²) in [6, 6.07) is 7.50. The molecule has 0 saturated carbocycles. The summed E-state index contributed by atoms with van der Waals surface area (Å²) in [6.07, 6.45) is 5.08. The quantitative estimate of drug-likeness (QED) is 0.445. The number of pyridine rings is 1. The van der Waals surface area contributed by atoms with Crippen LogP contribution in [0.2, 0.25) is 0 Å². The third-order valence-electron chi connectivity index (χ3n) is 5.99. The number of carbonyl (C=O) groups is 1. The molecule has 0 aliphatic carbocycles. The molecule has 1 amide bonds. The standard InChI is InChI=1S/C22H18F2N8O/c23-13-8-14-18(15(24)9-13)27-22(25)32-20(14)28-19(29-32)12-4-3-7-31(10-12)21(33)16-11-30-6-2-1-5-17(30)26-16/h1-2,5-6,8-9,11-12H,3-4,7,10H2,(H2,25,27). The van der Waals surface area contributed by atoms with Crippen molar-refractivity contribution >= 4 is 34.1 Å². The van der Waals surface area contributed by atoms with E-state index in [2.05, 4.69) is 20.1 Å². The highest BCUT2D eigenvalue weighted by Crippen LogP contribution is 2.29. The molecule has 1 saturated heterocycles. The molecule has 0 radical (unpaired) electrons. The van der Waals surface area contributed by atoms with Crippen molar-refractivity contribution in [3.8, 4) is 0 Å². The molecule has 5 heterocycles. The van der Waals surface area contributed by atoms with Crippen molar-refractivity contribution in [3.63, 3.8) is 0 Å². The molecule has 2 N–H and O–H groups in total. The van der Waals surface area contributed by atoms with E-state index in [9.17, 15) is 13.6 Å². The number of hydrogen-bond acceptors (Lipinski definition) is 6. The first kappa shape index (κ1) is 19.5. The lowest BCUT2D eigenvalue weighted by molar-refractivity contribution is 0.0699. The zero-order valence-electron chi connectivity index (χ0n) is 17.3. The minimum atomic E-state index is -0.814. The van der Waals surface area contributed by atoms with Crippen LogP contribution in [0.25, 0.3) is 22.2 Å².